The highest BCUT2D eigenvalue weighted by Gasteiger charge is 2.34. The van der Waals surface area contributed by atoms with Gasteiger partial charge in [0.05, 0.1) is 18.0 Å². The lowest BCUT2D eigenvalue weighted by atomic mass is 9.73. The average Bonchev–Trinajstić information content (AvgIpc) is 2.61. The van der Waals surface area contributed by atoms with E-state index in [2.05, 4.69) is 11.4 Å². The van der Waals surface area contributed by atoms with Gasteiger partial charge < -0.3 is 10.2 Å². The molecule has 0 saturated heterocycles. The number of nitriles is 1. The third-order valence-corrected chi connectivity index (χ3v) is 4.67. The minimum absolute atomic E-state index is 0.0241. The maximum atomic E-state index is 12.1. The molecule has 1 aromatic carbocycles. The summed E-state index contributed by atoms with van der Waals surface area (Å²) in [4.78, 5) is 25.9. The van der Waals surface area contributed by atoms with Gasteiger partial charge in [-0.2, -0.15) is 5.26 Å². The van der Waals surface area contributed by atoms with E-state index in [1.165, 1.54) is 0 Å². The fraction of sp³-hybridized carbons (Fsp3) is 0.526. The molecule has 1 aromatic rings. The molecule has 2 rings (SSSR count). The third kappa shape index (κ3) is 5.09. The van der Waals surface area contributed by atoms with Gasteiger partial charge in [-0.1, -0.05) is 49.6 Å². The summed E-state index contributed by atoms with van der Waals surface area (Å²) in [5.74, 6) is -0.346. The highest BCUT2D eigenvalue weighted by atomic mass is 16.2. The van der Waals surface area contributed by atoms with Gasteiger partial charge in [-0.25, -0.2) is 0 Å². The summed E-state index contributed by atoms with van der Waals surface area (Å²) < 4.78 is 0. The Hall–Kier alpha value is -2.35. The van der Waals surface area contributed by atoms with Crippen molar-refractivity contribution in [2.24, 2.45) is 5.41 Å². The van der Waals surface area contributed by atoms with Crippen molar-refractivity contribution in [1.29, 1.82) is 5.26 Å². The largest absolute Gasteiger partial charge is 0.347 e. The highest BCUT2D eigenvalue weighted by Crippen LogP contribution is 2.38. The number of hydrogen-bond acceptors (Lipinski definition) is 3. The van der Waals surface area contributed by atoms with Crippen LogP contribution in [0.1, 0.15) is 44.1 Å². The van der Waals surface area contributed by atoms with Crippen LogP contribution in [0, 0.1) is 16.7 Å². The Morgan fingerprint density at radius 3 is 2.50 bits per heavy atom. The number of carbonyl (C=O) groups excluding carboxylic acids is 2. The van der Waals surface area contributed by atoms with Gasteiger partial charge in [0.1, 0.15) is 0 Å². The van der Waals surface area contributed by atoms with E-state index < -0.39 is 5.41 Å². The number of benzene rings is 1. The molecule has 24 heavy (non-hydrogen) atoms. The molecular weight excluding hydrogens is 302 g/mol. The monoisotopic (exact) mass is 327 g/mol. The topological polar surface area (TPSA) is 73.2 Å². The molecule has 1 saturated carbocycles. The van der Waals surface area contributed by atoms with Gasteiger partial charge in [-0.3, -0.25) is 9.59 Å². The quantitative estimate of drug-likeness (QED) is 0.873. The van der Waals surface area contributed by atoms with Crippen LogP contribution >= 0.6 is 0 Å². The van der Waals surface area contributed by atoms with E-state index in [1.807, 2.05) is 30.3 Å². The summed E-state index contributed by atoms with van der Waals surface area (Å²) >= 11 is 0. The zero-order valence-corrected chi connectivity index (χ0v) is 14.3. The van der Waals surface area contributed by atoms with Crippen molar-refractivity contribution in [3.8, 4) is 6.07 Å². The van der Waals surface area contributed by atoms with E-state index in [1.54, 1.807) is 11.9 Å². The second kappa shape index (κ2) is 8.49. The number of rotatable bonds is 6. The molecule has 0 atom stereocenters. The number of hydrogen-bond donors (Lipinski definition) is 1. The first-order valence-electron chi connectivity index (χ1n) is 8.50. The molecule has 0 aromatic heterocycles. The van der Waals surface area contributed by atoms with Crippen molar-refractivity contribution < 1.29 is 9.59 Å². The molecule has 5 nitrogen and oxygen atoms in total. The molecule has 128 valence electrons. The van der Waals surface area contributed by atoms with Crippen LogP contribution in [0.5, 0.6) is 0 Å². The van der Waals surface area contributed by atoms with Crippen LogP contribution in [0.2, 0.25) is 0 Å². The fourth-order valence-corrected chi connectivity index (χ4v) is 3.18. The van der Waals surface area contributed by atoms with Crippen LogP contribution in [-0.2, 0) is 16.1 Å². The van der Waals surface area contributed by atoms with E-state index in [-0.39, 0.29) is 24.8 Å². The molecule has 0 unspecified atom stereocenters. The Kier molecular flexibility index (Phi) is 6.36. The first kappa shape index (κ1) is 18.0. The van der Waals surface area contributed by atoms with E-state index in [0.29, 0.717) is 6.54 Å². The van der Waals surface area contributed by atoms with Crippen molar-refractivity contribution in [1.82, 2.24) is 10.2 Å². The molecule has 5 heteroatoms. The molecule has 1 N–H and O–H groups in total. The van der Waals surface area contributed by atoms with Crippen LogP contribution in [-0.4, -0.2) is 30.3 Å². The second-order valence-corrected chi connectivity index (χ2v) is 6.64. The van der Waals surface area contributed by atoms with Gasteiger partial charge >= 0.3 is 0 Å². The molecule has 0 aliphatic heterocycles. The standard InChI is InChI=1S/C19H25N3O2/c1-22(14-16-8-4-2-5-9-16)18(24)13-21-17(23)12-19(15-20)10-6-3-7-11-19/h2,4-5,8-9H,3,6-7,10-14H2,1H3,(H,21,23). The number of amides is 2. The maximum Gasteiger partial charge on any atom is 0.242 e. The van der Waals surface area contributed by atoms with Crippen molar-refractivity contribution >= 4 is 11.8 Å². The molecule has 0 bridgehead atoms. The van der Waals surface area contributed by atoms with Crippen molar-refractivity contribution in [2.75, 3.05) is 13.6 Å². The lowest BCUT2D eigenvalue weighted by Crippen LogP contribution is -2.40. The SMILES string of the molecule is CN(Cc1ccccc1)C(=O)CNC(=O)CC1(C#N)CCCCC1. The van der Waals surface area contributed by atoms with Gasteiger partial charge in [0.25, 0.3) is 0 Å². The highest BCUT2D eigenvalue weighted by molar-refractivity contribution is 5.85. The summed E-state index contributed by atoms with van der Waals surface area (Å²) in [5, 5.41) is 12.1. The van der Waals surface area contributed by atoms with Crippen LogP contribution in [0.15, 0.2) is 30.3 Å². The van der Waals surface area contributed by atoms with Gasteiger partial charge in [-0.15, -0.1) is 0 Å². The summed E-state index contributed by atoms with van der Waals surface area (Å²) in [7, 11) is 1.72. The lowest BCUT2D eigenvalue weighted by Gasteiger charge is -2.29. The molecule has 0 heterocycles. The summed E-state index contributed by atoms with van der Waals surface area (Å²) in [6.45, 7) is 0.487. The van der Waals surface area contributed by atoms with Gasteiger partial charge in [0.15, 0.2) is 0 Å². The first-order valence-corrected chi connectivity index (χ1v) is 8.50. The van der Waals surface area contributed by atoms with Gasteiger partial charge in [0.2, 0.25) is 11.8 Å². The number of nitrogens with one attached hydrogen (secondary N) is 1. The second-order valence-electron chi connectivity index (χ2n) is 6.64. The summed E-state index contributed by atoms with van der Waals surface area (Å²) in [6, 6.07) is 12.1. The average molecular weight is 327 g/mol. The Labute approximate surface area is 143 Å². The van der Waals surface area contributed by atoms with E-state index in [9.17, 15) is 14.9 Å². The minimum Gasteiger partial charge on any atom is -0.347 e. The molecule has 0 spiro atoms. The predicted molar refractivity (Wildman–Crippen MR) is 91.7 cm³/mol. The molecule has 0 radical (unpaired) electrons. The third-order valence-electron chi connectivity index (χ3n) is 4.67. The Morgan fingerprint density at radius 1 is 1.21 bits per heavy atom. The normalized spacial score (nSPS) is 16.0. The number of nitrogens with zero attached hydrogens (tertiary/aromatic N) is 2. The Bertz CT molecular complexity index is 601. The zero-order valence-electron chi connectivity index (χ0n) is 14.3. The van der Waals surface area contributed by atoms with Gasteiger partial charge in [0, 0.05) is 20.0 Å². The Morgan fingerprint density at radius 2 is 1.88 bits per heavy atom. The lowest BCUT2D eigenvalue weighted by molar-refractivity contribution is -0.132. The van der Waals surface area contributed by atoms with Crippen molar-refractivity contribution in [3.05, 3.63) is 35.9 Å². The van der Waals surface area contributed by atoms with Crippen LogP contribution < -0.4 is 5.32 Å². The Balaban J connectivity index is 1.78. The summed E-state index contributed by atoms with van der Waals surface area (Å²) in [6.07, 6.45) is 4.88. The molecule has 1 fully saturated rings. The number of likely N-dealkylation sites (N-methyl/N-ethyl adjacent to an activating group) is 1. The van der Waals surface area contributed by atoms with E-state index in [4.69, 9.17) is 0 Å². The van der Waals surface area contributed by atoms with Crippen LogP contribution in [0.3, 0.4) is 0 Å². The zero-order chi connectivity index (χ0) is 17.4. The molecular formula is C19H25N3O2. The number of carbonyl (C=O) groups is 2. The maximum absolute atomic E-state index is 12.1. The van der Waals surface area contributed by atoms with Gasteiger partial charge in [-0.05, 0) is 18.4 Å². The molecule has 2 amide bonds. The van der Waals surface area contributed by atoms with Crippen LogP contribution in [0.25, 0.3) is 0 Å². The summed E-state index contributed by atoms with van der Waals surface area (Å²) in [5.41, 5.74) is 0.506. The predicted octanol–water partition coefficient (Wildman–Crippen LogP) is 2.63. The van der Waals surface area contributed by atoms with Crippen molar-refractivity contribution in [3.63, 3.8) is 0 Å². The van der Waals surface area contributed by atoms with E-state index in [0.717, 1.165) is 37.7 Å². The fourth-order valence-electron chi connectivity index (χ4n) is 3.18. The molecule has 1 aliphatic rings. The minimum atomic E-state index is -0.540. The van der Waals surface area contributed by atoms with E-state index >= 15 is 0 Å². The smallest absolute Gasteiger partial charge is 0.242 e. The molecule has 1 aliphatic carbocycles. The van der Waals surface area contributed by atoms with Crippen molar-refractivity contribution in [2.45, 2.75) is 45.1 Å². The first-order chi connectivity index (χ1) is 11.5. The van der Waals surface area contributed by atoms with Crippen LogP contribution in [0.4, 0.5) is 0 Å².